The third kappa shape index (κ3) is 2.38. The number of anilines is 1. The first-order valence-electron chi connectivity index (χ1n) is 6.78. The van der Waals surface area contributed by atoms with Crippen LogP contribution in [-0.4, -0.2) is 20.4 Å². The predicted molar refractivity (Wildman–Crippen MR) is 83.7 cm³/mol. The fourth-order valence-electron chi connectivity index (χ4n) is 2.45. The van der Waals surface area contributed by atoms with Gasteiger partial charge in [-0.05, 0) is 32.4 Å². The molecule has 1 aromatic carbocycles. The van der Waals surface area contributed by atoms with E-state index in [1.807, 2.05) is 32.0 Å². The van der Waals surface area contributed by atoms with E-state index < -0.39 is 0 Å². The van der Waals surface area contributed by atoms with Crippen molar-refractivity contribution in [1.82, 2.24) is 20.4 Å². The fraction of sp³-hybridized carbons (Fsp3) is 0.188. The van der Waals surface area contributed by atoms with Crippen LogP contribution in [0.5, 0.6) is 0 Å². The number of aromatic nitrogens is 4. The summed E-state index contributed by atoms with van der Waals surface area (Å²) in [6.07, 6.45) is 0. The molecule has 0 aliphatic heterocycles. The zero-order chi connectivity index (χ0) is 15.0. The Labute approximate surface area is 123 Å². The van der Waals surface area contributed by atoms with Gasteiger partial charge in [-0.2, -0.15) is 15.3 Å². The van der Waals surface area contributed by atoms with Gasteiger partial charge in [0.1, 0.15) is 0 Å². The lowest BCUT2D eigenvalue weighted by Crippen LogP contribution is -1.95. The summed E-state index contributed by atoms with van der Waals surface area (Å²) in [5.41, 5.74) is 12.8. The van der Waals surface area contributed by atoms with Gasteiger partial charge >= 0.3 is 0 Å². The molecule has 0 fully saturated rings. The standard InChI is InChI=1S/C16H17N5/c1-9-5-4-6-12(7-9)14-15(20-21-16(14)17)13-8-10(2)18-19-11(13)3/h4-8H,1-3H3,(H3,17,20,21). The molecule has 0 saturated heterocycles. The zero-order valence-electron chi connectivity index (χ0n) is 12.3. The third-order valence-corrected chi connectivity index (χ3v) is 3.47. The Balaban J connectivity index is 2.24. The molecule has 0 saturated carbocycles. The summed E-state index contributed by atoms with van der Waals surface area (Å²) in [5.74, 6) is 0.490. The maximum atomic E-state index is 6.07. The Morgan fingerprint density at radius 1 is 1.05 bits per heavy atom. The van der Waals surface area contributed by atoms with Crippen LogP contribution in [0.25, 0.3) is 22.4 Å². The van der Waals surface area contributed by atoms with E-state index >= 15 is 0 Å². The lowest BCUT2D eigenvalue weighted by molar-refractivity contribution is 0.940. The Bertz CT molecular complexity index is 804. The number of H-pyrrole nitrogens is 1. The van der Waals surface area contributed by atoms with Crippen LogP contribution >= 0.6 is 0 Å². The summed E-state index contributed by atoms with van der Waals surface area (Å²) in [6.45, 7) is 5.91. The van der Waals surface area contributed by atoms with Gasteiger partial charge in [0.15, 0.2) is 5.82 Å². The average molecular weight is 279 g/mol. The van der Waals surface area contributed by atoms with E-state index in [1.54, 1.807) is 0 Å². The quantitative estimate of drug-likeness (QED) is 0.755. The van der Waals surface area contributed by atoms with Crippen molar-refractivity contribution in [3.8, 4) is 22.4 Å². The maximum absolute atomic E-state index is 6.07. The van der Waals surface area contributed by atoms with Gasteiger partial charge in [0.25, 0.3) is 0 Å². The summed E-state index contributed by atoms with van der Waals surface area (Å²) in [5, 5.41) is 15.5. The van der Waals surface area contributed by atoms with Crippen molar-refractivity contribution in [3.05, 3.63) is 47.3 Å². The molecule has 2 heterocycles. The van der Waals surface area contributed by atoms with Crippen LogP contribution in [0.1, 0.15) is 17.0 Å². The molecule has 0 unspecified atom stereocenters. The van der Waals surface area contributed by atoms with E-state index in [2.05, 4.69) is 39.5 Å². The summed E-state index contributed by atoms with van der Waals surface area (Å²) >= 11 is 0. The highest BCUT2D eigenvalue weighted by Gasteiger charge is 2.17. The van der Waals surface area contributed by atoms with Crippen molar-refractivity contribution >= 4 is 5.82 Å². The molecular weight excluding hydrogens is 262 g/mol. The number of nitrogens with zero attached hydrogens (tertiary/aromatic N) is 3. The Morgan fingerprint density at radius 3 is 2.62 bits per heavy atom. The van der Waals surface area contributed by atoms with Crippen LogP contribution in [0.2, 0.25) is 0 Å². The molecule has 3 aromatic rings. The molecule has 5 heteroatoms. The van der Waals surface area contributed by atoms with Crippen LogP contribution in [-0.2, 0) is 0 Å². The molecule has 0 spiro atoms. The number of benzene rings is 1. The largest absolute Gasteiger partial charge is 0.382 e. The smallest absolute Gasteiger partial charge is 0.153 e. The number of nitrogens with one attached hydrogen (secondary N) is 1. The molecule has 21 heavy (non-hydrogen) atoms. The fourth-order valence-corrected chi connectivity index (χ4v) is 2.45. The minimum absolute atomic E-state index is 0.490. The first-order valence-corrected chi connectivity index (χ1v) is 6.78. The highest BCUT2D eigenvalue weighted by atomic mass is 15.2. The molecule has 0 amide bonds. The van der Waals surface area contributed by atoms with Crippen molar-refractivity contribution < 1.29 is 0 Å². The topological polar surface area (TPSA) is 80.5 Å². The van der Waals surface area contributed by atoms with Crippen molar-refractivity contribution in [2.24, 2.45) is 0 Å². The Kier molecular flexibility index (Phi) is 3.17. The molecule has 106 valence electrons. The molecular formula is C16H17N5. The number of rotatable bonds is 2. The number of aryl methyl sites for hydroxylation is 3. The van der Waals surface area contributed by atoms with Crippen molar-refractivity contribution in [1.29, 1.82) is 0 Å². The van der Waals surface area contributed by atoms with E-state index in [-0.39, 0.29) is 0 Å². The van der Waals surface area contributed by atoms with E-state index in [0.29, 0.717) is 5.82 Å². The van der Waals surface area contributed by atoms with Gasteiger partial charge in [-0.25, -0.2) is 0 Å². The molecule has 5 nitrogen and oxygen atoms in total. The van der Waals surface area contributed by atoms with E-state index in [0.717, 1.165) is 33.8 Å². The lowest BCUT2D eigenvalue weighted by Gasteiger charge is -2.08. The number of nitrogens with two attached hydrogens (primary N) is 1. The maximum Gasteiger partial charge on any atom is 0.153 e. The van der Waals surface area contributed by atoms with Gasteiger partial charge in [0.2, 0.25) is 0 Å². The molecule has 3 N–H and O–H groups in total. The Hall–Kier alpha value is -2.69. The zero-order valence-corrected chi connectivity index (χ0v) is 12.3. The Morgan fingerprint density at radius 2 is 1.86 bits per heavy atom. The van der Waals surface area contributed by atoms with Gasteiger partial charge in [-0.15, -0.1) is 0 Å². The van der Waals surface area contributed by atoms with Gasteiger partial charge in [0.05, 0.1) is 22.6 Å². The second-order valence-corrected chi connectivity index (χ2v) is 5.21. The van der Waals surface area contributed by atoms with Gasteiger partial charge in [-0.3, -0.25) is 5.10 Å². The number of aromatic amines is 1. The number of nitrogen functional groups attached to an aromatic ring is 1. The summed E-state index contributed by atoms with van der Waals surface area (Å²) < 4.78 is 0. The van der Waals surface area contributed by atoms with Crippen molar-refractivity contribution in [2.75, 3.05) is 5.73 Å². The average Bonchev–Trinajstić information content (AvgIpc) is 2.83. The minimum atomic E-state index is 0.490. The molecule has 0 aliphatic carbocycles. The lowest BCUT2D eigenvalue weighted by atomic mass is 9.99. The highest BCUT2D eigenvalue weighted by Crippen LogP contribution is 2.35. The summed E-state index contributed by atoms with van der Waals surface area (Å²) in [7, 11) is 0. The molecule has 0 bridgehead atoms. The van der Waals surface area contributed by atoms with Crippen LogP contribution in [0.3, 0.4) is 0 Å². The predicted octanol–water partition coefficient (Wildman–Crippen LogP) is 3.04. The minimum Gasteiger partial charge on any atom is -0.382 e. The summed E-state index contributed by atoms with van der Waals surface area (Å²) in [4.78, 5) is 0. The summed E-state index contributed by atoms with van der Waals surface area (Å²) in [6, 6.07) is 10.2. The van der Waals surface area contributed by atoms with Gasteiger partial charge in [0, 0.05) is 5.56 Å². The first-order chi connectivity index (χ1) is 10.1. The van der Waals surface area contributed by atoms with Crippen molar-refractivity contribution in [2.45, 2.75) is 20.8 Å². The van der Waals surface area contributed by atoms with E-state index in [9.17, 15) is 0 Å². The molecule has 0 atom stereocenters. The SMILES string of the molecule is Cc1cccc(-c2c(N)n[nH]c2-c2cc(C)nnc2C)c1. The molecule has 2 aromatic heterocycles. The number of hydrogen-bond donors (Lipinski definition) is 2. The van der Waals surface area contributed by atoms with E-state index in [4.69, 9.17) is 5.73 Å². The van der Waals surface area contributed by atoms with Crippen LogP contribution in [0.15, 0.2) is 30.3 Å². The molecule has 0 radical (unpaired) electrons. The van der Waals surface area contributed by atoms with Gasteiger partial charge in [-0.1, -0.05) is 29.8 Å². The van der Waals surface area contributed by atoms with Crippen molar-refractivity contribution in [3.63, 3.8) is 0 Å². The van der Waals surface area contributed by atoms with Crippen LogP contribution < -0.4 is 5.73 Å². The second kappa shape index (κ2) is 5.01. The monoisotopic (exact) mass is 279 g/mol. The normalized spacial score (nSPS) is 10.8. The number of hydrogen-bond acceptors (Lipinski definition) is 4. The van der Waals surface area contributed by atoms with Gasteiger partial charge < -0.3 is 5.73 Å². The molecule has 3 rings (SSSR count). The van der Waals surface area contributed by atoms with Crippen LogP contribution in [0, 0.1) is 20.8 Å². The highest BCUT2D eigenvalue weighted by molar-refractivity contribution is 5.88. The van der Waals surface area contributed by atoms with Crippen LogP contribution in [0.4, 0.5) is 5.82 Å². The van der Waals surface area contributed by atoms with E-state index in [1.165, 1.54) is 5.56 Å². The first kappa shape index (κ1) is 13.3. The second-order valence-electron chi connectivity index (χ2n) is 5.21. The third-order valence-electron chi connectivity index (χ3n) is 3.47. The molecule has 0 aliphatic rings.